The van der Waals surface area contributed by atoms with Crippen LogP contribution in [0.5, 0.6) is 0 Å². The molecule has 0 unspecified atom stereocenters. The van der Waals surface area contributed by atoms with E-state index in [9.17, 15) is 4.79 Å². The minimum absolute atomic E-state index is 0.154. The van der Waals surface area contributed by atoms with Gasteiger partial charge in [-0.05, 0) is 36.3 Å². The summed E-state index contributed by atoms with van der Waals surface area (Å²) in [5, 5.41) is 1.98. The van der Waals surface area contributed by atoms with Crippen LogP contribution >= 0.6 is 11.3 Å². The lowest BCUT2D eigenvalue weighted by Gasteiger charge is -2.12. The molecule has 3 heteroatoms. The monoisotopic (exact) mass is 222 g/mol. The van der Waals surface area contributed by atoms with Gasteiger partial charge in [-0.15, -0.1) is 11.3 Å². The maximum absolute atomic E-state index is 12.1. The largest absolute Gasteiger partial charge is 0.501 e. The summed E-state index contributed by atoms with van der Waals surface area (Å²) in [7, 11) is 0. The summed E-state index contributed by atoms with van der Waals surface area (Å²) in [4.78, 5) is 13.0. The Kier molecular flexibility index (Phi) is 3.21. The number of thiophene rings is 1. The van der Waals surface area contributed by atoms with Gasteiger partial charge in [-0.2, -0.15) is 0 Å². The highest BCUT2D eigenvalue weighted by atomic mass is 32.1. The molecule has 0 atom stereocenters. The topological polar surface area (TPSA) is 26.3 Å². The van der Waals surface area contributed by atoms with E-state index in [1.54, 1.807) is 6.26 Å². The Hall–Kier alpha value is -1.09. The first-order valence-corrected chi connectivity index (χ1v) is 6.12. The van der Waals surface area contributed by atoms with E-state index in [1.165, 1.54) is 11.3 Å². The molecule has 0 saturated carbocycles. The number of rotatable bonds is 3. The van der Waals surface area contributed by atoms with Crippen molar-refractivity contribution in [3.63, 3.8) is 0 Å². The predicted octanol–water partition coefficient (Wildman–Crippen LogP) is 3.19. The van der Waals surface area contributed by atoms with E-state index >= 15 is 0 Å². The van der Waals surface area contributed by atoms with E-state index in [4.69, 9.17) is 4.74 Å². The molecule has 1 aromatic rings. The molecule has 1 aliphatic heterocycles. The van der Waals surface area contributed by atoms with Crippen molar-refractivity contribution in [1.29, 1.82) is 0 Å². The Morgan fingerprint density at radius 1 is 1.60 bits per heavy atom. The van der Waals surface area contributed by atoms with Gasteiger partial charge in [0.05, 0.1) is 17.7 Å². The number of hydrogen-bond acceptors (Lipinski definition) is 3. The molecule has 15 heavy (non-hydrogen) atoms. The average Bonchev–Trinajstić information content (AvgIpc) is 2.77. The maximum atomic E-state index is 12.1. The molecule has 0 aromatic carbocycles. The van der Waals surface area contributed by atoms with Crippen molar-refractivity contribution in [2.45, 2.75) is 26.2 Å². The summed E-state index contributed by atoms with van der Waals surface area (Å²) in [6.07, 6.45) is 4.34. The SMILES string of the molecule is CCc1ccsc1C(=O)C1=COCCC1. The second kappa shape index (κ2) is 4.62. The van der Waals surface area contributed by atoms with Crippen LogP contribution in [0.25, 0.3) is 0 Å². The van der Waals surface area contributed by atoms with Gasteiger partial charge in [0.25, 0.3) is 0 Å². The van der Waals surface area contributed by atoms with Crippen LogP contribution in [0.4, 0.5) is 0 Å². The Morgan fingerprint density at radius 3 is 3.13 bits per heavy atom. The molecule has 0 radical (unpaired) electrons. The number of carbonyl (C=O) groups is 1. The van der Waals surface area contributed by atoms with E-state index in [0.29, 0.717) is 0 Å². The molecule has 0 N–H and O–H groups in total. The molecule has 0 fully saturated rings. The van der Waals surface area contributed by atoms with Crippen LogP contribution in [-0.4, -0.2) is 12.4 Å². The first-order chi connectivity index (χ1) is 7.33. The molecular weight excluding hydrogens is 208 g/mol. The Bertz CT molecular complexity index is 390. The maximum Gasteiger partial charge on any atom is 0.202 e. The molecule has 0 spiro atoms. The van der Waals surface area contributed by atoms with Gasteiger partial charge in [-0.25, -0.2) is 0 Å². The Labute approximate surface area is 93.6 Å². The van der Waals surface area contributed by atoms with Gasteiger partial charge in [-0.3, -0.25) is 4.79 Å². The van der Waals surface area contributed by atoms with Crippen molar-refractivity contribution in [2.75, 3.05) is 6.61 Å². The third kappa shape index (κ3) is 2.12. The second-order valence-electron chi connectivity index (χ2n) is 3.58. The molecule has 0 aliphatic carbocycles. The summed E-state index contributed by atoms with van der Waals surface area (Å²) >= 11 is 1.53. The van der Waals surface area contributed by atoms with Gasteiger partial charge in [-0.1, -0.05) is 6.92 Å². The van der Waals surface area contributed by atoms with Gasteiger partial charge in [0, 0.05) is 5.57 Å². The summed E-state index contributed by atoms with van der Waals surface area (Å²) in [6, 6.07) is 2.03. The second-order valence-corrected chi connectivity index (χ2v) is 4.49. The van der Waals surface area contributed by atoms with Gasteiger partial charge >= 0.3 is 0 Å². The summed E-state index contributed by atoms with van der Waals surface area (Å²) in [5.74, 6) is 0.154. The number of ether oxygens (including phenoxy) is 1. The summed E-state index contributed by atoms with van der Waals surface area (Å²) in [5.41, 5.74) is 1.97. The zero-order chi connectivity index (χ0) is 10.7. The first-order valence-electron chi connectivity index (χ1n) is 5.24. The van der Waals surface area contributed by atoms with Crippen molar-refractivity contribution >= 4 is 17.1 Å². The van der Waals surface area contributed by atoms with E-state index in [2.05, 4.69) is 6.92 Å². The number of hydrogen-bond donors (Lipinski definition) is 0. The fourth-order valence-corrected chi connectivity index (χ4v) is 2.66. The lowest BCUT2D eigenvalue weighted by molar-refractivity contribution is 0.101. The smallest absolute Gasteiger partial charge is 0.202 e. The van der Waals surface area contributed by atoms with Crippen LogP contribution in [0.2, 0.25) is 0 Å². The van der Waals surface area contributed by atoms with Crippen molar-refractivity contribution < 1.29 is 9.53 Å². The normalized spacial score (nSPS) is 15.7. The summed E-state index contributed by atoms with van der Waals surface area (Å²) in [6.45, 7) is 2.81. The first kappa shape index (κ1) is 10.4. The number of allylic oxidation sites excluding steroid dienone is 1. The van der Waals surface area contributed by atoms with Crippen molar-refractivity contribution in [2.24, 2.45) is 0 Å². The fourth-order valence-electron chi connectivity index (χ4n) is 1.69. The van der Waals surface area contributed by atoms with Gasteiger partial charge < -0.3 is 4.74 Å². The molecule has 1 aliphatic rings. The zero-order valence-electron chi connectivity index (χ0n) is 8.79. The molecule has 2 heterocycles. The van der Waals surface area contributed by atoms with Crippen LogP contribution in [-0.2, 0) is 11.2 Å². The van der Waals surface area contributed by atoms with E-state index < -0.39 is 0 Å². The van der Waals surface area contributed by atoms with Crippen molar-refractivity contribution in [1.82, 2.24) is 0 Å². The quantitative estimate of drug-likeness (QED) is 0.734. The van der Waals surface area contributed by atoms with E-state index in [0.717, 1.165) is 41.9 Å². The molecule has 1 aromatic heterocycles. The minimum Gasteiger partial charge on any atom is -0.501 e. The highest BCUT2D eigenvalue weighted by Gasteiger charge is 2.18. The lowest BCUT2D eigenvalue weighted by atomic mass is 10.0. The highest BCUT2D eigenvalue weighted by Crippen LogP contribution is 2.24. The average molecular weight is 222 g/mol. The van der Waals surface area contributed by atoms with Crippen molar-refractivity contribution in [3.8, 4) is 0 Å². The third-order valence-electron chi connectivity index (χ3n) is 2.56. The molecule has 2 nitrogen and oxygen atoms in total. The summed E-state index contributed by atoms with van der Waals surface area (Å²) < 4.78 is 5.20. The lowest BCUT2D eigenvalue weighted by Crippen LogP contribution is -2.09. The number of aryl methyl sites for hydroxylation is 1. The Balaban J connectivity index is 2.23. The van der Waals surface area contributed by atoms with E-state index in [1.807, 2.05) is 11.4 Å². The molecular formula is C12H14O2S. The number of carbonyl (C=O) groups excluding carboxylic acids is 1. The predicted molar refractivity (Wildman–Crippen MR) is 61.3 cm³/mol. The molecule has 2 rings (SSSR count). The molecule has 0 amide bonds. The highest BCUT2D eigenvalue weighted by molar-refractivity contribution is 7.12. The third-order valence-corrected chi connectivity index (χ3v) is 3.51. The van der Waals surface area contributed by atoms with Crippen LogP contribution in [0.3, 0.4) is 0 Å². The van der Waals surface area contributed by atoms with Crippen LogP contribution in [0, 0.1) is 0 Å². The number of ketones is 1. The minimum atomic E-state index is 0.154. The van der Waals surface area contributed by atoms with Crippen LogP contribution in [0.1, 0.15) is 35.0 Å². The van der Waals surface area contributed by atoms with Gasteiger partial charge in [0.15, 0.2) is 0 Å². The molecule has 0 bridgehead atoms. The fraction of sp³-hybridized carbons (Fsp3) is 0.417. The molecule has 80 valence electrons. The van der Waals surface area contributed by atoms with E-state index in [-0.39, 0.29) is 5.78 Å². The number of Topliss-reactive ketones (excluding diaryl/α,β-unsaturated/α-hetero) is 1. The standard InChI is InChI=1S/C12H14O2S/c1-2-9-5-7-15-12(9)11(13)10-4-3-6-14-8-10/h5,7-8H,2-4,6H2,1H3. The zero-order valence-corrected chi connectivity index (χ0v) is 9.60. The van der Waals surface area contributed by atoms with Gasteiger partial charge in [0.1, 0.15) is 0 Å². The van der Waals surface area contributed by atoms with Gasteiger partial charge in [0.2, 0.25) is 5.78 Å². The van der Waals surface area contributed by atoms with Crippen molar-refractivity contribution in [3.05, 3.63) is 33.7 Å². The van der Waals surface area contributed by atoms with Crippen LogP contribution < -0.4 is 0 Å². The van der Waals surface area contributed by atoms with Crippen LogP contribution in [0.15, 0.2) is 23.3 Å². The molecule has 0 saturated heterocycles. The Morgan fingerprint density at radius 2 is 2.47 bits per heavy atom.